The zero-order chi connectivity index (χ0) is 13.7. The van der Waals surface area contributed by atoms with Crippen LogP contribution in [0.15, 0.2) is 24.3 Å². The topological polar surface area (TPSA) is 104 Å². The molecule has 1 atom stereocenters. The van der Waals surface area contributed by atoms with Gasteiger partial charge in [-0.15, -0.1) is 0 Å². The SMILES string of the molecule is CC(NC(=O)Cc1ccccc1C(=O)O)C(=O)O. The number of rotatable bonds is 5. The van der Waals surface area contributed by atoms with Gasteiger partial charge < -0.3 is 15.5 Å². The molecule has 6 nitrogen and oxygen atoms in total. The van der Waals surface area contributed by atoms with Gasteiger partial charge in [-0.3, -0.25) is 9.59 Å². The molecule has 6 heteroatoms. The molecule has 0 spiro atoms. The molecule has 1 aromatic carbocycles. The Labute approximate surface area is 103 Å². The van der Waals surface area contributed by atoms with Gasteiger partial charge in [0, 0.05) is 0 Å². The van der Waals surface area contributed by atoms with Crippen molar-refractivity contribution < 1.29 is 24.6 Å². The van der Waals surface area contributed by atoms with Crippen LogP contribution in [0.5, 0.6) is 0 Å². The fraction of sp³-hybridized carbons (Fsp3) is 0.250. The monoisotopic (exact) mass is 251 g/mol. The van der Waals surface area contributed by atoms with Crippen LogP contribution in [0, 0.1) is 0 Å². The third kappa shape index (κ3) is 3.58. The van der Waals surface area contributed by atoms with Crippen LogP contribution < -0.4 is 5.32 Å². The molecule has 0 radical (unpaired) electrons. The smallest absolute Gasteiger partial charge is 0.335 e. The number of carboxylic acid groups (broad SMARTS) is 2. The number of benzene rings is 1. The third-order valence-corrected chi connectivity index (χ3v) is 2.35. The van der Waals surface area contributed by atoms with Crippen molar-refractivity contribution in [3.63, 3.8) is 0 Å². The first kappa shape index (κ1) is 13.7. The van der Waals surface area contributed by atoms with Crippen LogP contribution in [-0.2, 0) is 16.0 Å². The van der Waals surface area contributed by atoms with Gasteiger partial charge in [-0.25, -0.2) is 4.79 Å². The molecule has 0 aliphatic heterocycles. The highest BCUT2D eigenvalue weighted by atomic mass is 16.4. The van der Waals surface area contributed by atoms with E-state index in [9.17, 15) is 14.4 Å². The molecular formula is C12H13NO5. The first-order valence-electron chi connectivity index (χ1n) is 5.25. The molecule has 1 rings (SSSR count). The Kier molecular flexibility index (Phi) is 4.42. The largest absolute Gasteiger partial charge is 0.480 e. The summed E-state index contributed by atoms with van der Waals surface area (Å²) in [6, 6.07) is 5.09. The molecule has 0 saturated carbocycles. The molecular weight excluding hydrogens is 238 g/mol. The maximum absolute atomic E-state index is 11.5. The molecule has 0 aliphatic rings. The number of nitrogens with one attached hydrogen (secondary N) is 1. The number of aliphatic carboxylic acids is 1. The van der Waals surface area contributed by atoms with Crippen molar-refractivity contribution in [3.8, 4) is 0 Å². The average molecular weight is 251 g/mol. The van der Waals surface area contributed by atoms with Crippen molar-refractivity contribution in [1.29, 1.82) is 0 Å². The van der Waals surface area contributed by atoms with Crippen molar-refractivity contribution in [2.24, 2.45) is 0 Å². The molecule has 0 saturated heterocycles. The summed E-state index contributed by atoms with van der Waals surface area (Å²) in [4.78, 5) is 33.0. The lowest BCUT2D eigenvalue weighted by molar-refractivity contribution is -0.141. The summed E-state index contributed by atoms with van der Waals surface area (Å²) >= 11 is 0. The number of carboxylic acids is 2. The predicted molar refractivity (Wildman–Crippen MR) is 62.3 cm³/mol. The summed E-state index contributed by atoms with van der Waals surface area (Å²) in [5.74, 6) is -2.79. The number of amides is 1. The minimum absolute atomic E-state index is 0.0376. The van der Waals surface area contributed by atoms with Gasteiger partial charge >= 0.3 is 11.9 Å². The Bertz CT molecular complexity index is 483. The summed E-state index contributed by atoms with van der Waals surface area (Å²) in [7, 11) is 0. The fourth-order valence-electron chi connectivity index (χ4n) is 1.41. The predicted octanol–water partition coefficient (Wildman–Crippen LogP) is 0.517. The first-order chi connectivity index (χ1) is 8.41. The van der Waals surface area contributed by atoms with Gasteiger partial charge in [-0.1, -0.05) is 18.2 Å². The van der Waals surface area contributed by atoms with Gasteiger partial charge in [0.2, 0.25) is 5.91 Å². The second kappa shape index (κ2) is 5.81. The van der Waals surface area contributed by atoms with E-state index >= 15 is 0 Å². The van der Waals surface area contributed by atoms with E-state index in [1.807, 2.05) is 0 Å². The Morgan fingerprint density at radius 2 is 1.83 bits per heavy atom. The van der Waals surface area contributed by atoms with Crippen LogP contribution in [0.4, 0.5) is 0 Å². The van der Waals surface area contributed by atoms with Gasteiger partial charge in [0.1, 0.15) is 6.04 Å². The molecule has 18 heavy (non-hydrogen) atoms. The van der Waals surface area contributed by atoms with Crippen LogP contribution in [0.1, 0.15) is 22.8 Å². The number of carbonyl (C=O) groups excluding carboxylic acids is 1. The summed E-state index contributed by atoms with van der Waals surface area (Å²) in [6.45, 7) is 1.34. The number of aromatic carboxylic acids is 1. The summed E-state index contributed by atoms with van der Waals surface area (Å²) < 4.78 is 0. The molecule has 0 aliphatic carbocycles. The van der Waals surface area contributed by atoms with E-state index in [4.69, 9.17) is 10.2 Å². The first-order valence-corrected chi connectivity index (χ1v) is 5.25. The van der Waals surface area contributed by atoms with Crippen molar-refractivity contribution >= 4 is 17.8 Å². The van der Waals surface area contributed by atoms with Crippen molar-refractivity contribution in [2.75, 3.05) is 0 Å². The van der Waals surface area contributed by atoms with Gasteiger partial charge in [0.15, 0.2) is 0 Å². The standard InChI is InChI=1S/C12H13NO5/c1-7(11(15)16)13-10(14)6-8-4-2-3-5-9(8)12(17)18/h2-5,7H,6H2,1H3,(H,13,14)(H,15,16)(H,17,18). The second-order valence-electron chi connectivity index (χ2n) is 3.77. The van der Waals surface area contributed by atoms with E-state index < -0.39 is 23.9 Å². The lowest BCUT2D eigenvalue weighted by Crippen LogP contribution is -2.39. The molecule has 1 amide bonds. The quantitative estimate of drug-likeness (QED) is 0.707. The van der Waals surface area contributed by atoms with Crippen molar-refractivity contribution in [3.05, 3.63) is 35.4 Å². The molecule has 0 heterocycles. The highest BCUT2D eigenvalue weighted by molar-refractivity contribution is 5.92. The molecule has 3 N–H and O–H groups in total. The van der Waals surface area contributed by atoms with Gasteiger partial charge in [0.25, 0.3) is 0 Å². The molecule has 1 aromatic rings. The summed E-state index contributed by atoms with van der Waals surface area (Å²) in [5, 5.41) is 19.8. The highest BCUT2D eigenvalue weighted by Gasteiger charge is 2.16. The summed E-state index contributed by atoms with van der Waals surface area (Å²) in [6.07, 6.45) is -0.167. The normalized spacial score (nSPS) is 11.6. The zero-order valence-electron chi connectivity index (χ0n) is 9.71. The Balaban J connectivity index is 2.76. The molecule has 0 aromatic heterocycles. The van der Waals surface area contributed by atoms with Crippen LogP contribution in [-0.4, -0.2) is 34.1 Å². The van der Waals surface area contributed by atoms with Gasteiger partial charge in [-0.05, 0) is 18.6 Å². The summed E-state index contributed by atoms with van der Waals surface area (Å²) in [5.41, 5.74) is 0.385. The molecule has 96 valence electrons. The third-order valence-electron chi connectivity index (χ3n) is 2.35. The van der Waals surface area contributed by atoms with Crippen LogP contribution in [0.25, 0.3) is 0 Å². The number of hydrogen-bond acceptors (Lipinski definition) is 3. The van der Waals surface area contributed by atoms with Crippen molar-refractivity contribution in [2.45, 2.75) is 19.4 Å². The van der Waals surface area contributed by atoms with E-state index in [2.05, 4.69) is 5.32 Å². The zero-order valence-corrected chi connectivity index (χ0v) is 9.71. The van der Waals surface area contributed by atoms with E-state index in [-0.39, 0.29) is 12.0 Å². The minimum Gasteiger partial charge on any atom is -0.480 e. The Hall–Kier alpha value is -2.37. The second-order valence-corrected chi connectivity index (χ2v) is 3.77. The highest BCUT2D eigenvalue weighted by Crippen LogP contribution is 2.09. The van der Waals surface area contributed by atoms with Crippen LogP contribution in [0.2, 0.25) is 0 Å². The van der Waals surface area contributed by atoms with Gasteiger partial charge in [-0.2, -0.15) is 0 Å². The van der Waals surface area contributed by atoms with Gasteiger partial charge in [0.05, 0.1) is 12.0 Å². The van der Waals surface area contributed by atoms with E-state index in [1.54, 1.807) is 12.1 Å². The van der Waals surface area contributed by atoms with Crippen LogP contribution in [0.3, 0.4) is 0 Å². The molecule has 0 bridgehead atoms. The Morgan fingerprint density at radius 1 is 1.22 bits per heavy atom. The minimum atomic E-state index is -1.14. The lowest BCUT2D eigenvalue weighted by atomic mass is 10.0. The fourth-order valence-corrected chi connectivity index (χ4v) is 1.41. The molecule has 0 fully saturated rings. The number of carbonyl (C=O) groups is 3. The van der Waals surface area contributed by atoms with E-state index in [1.165, 1.54) is 19.1 Å². The van der Waals surface area contributed by atoms with Crippen LogP contribution >= 0.6 is 0 Å². The van der Waals surface area contributed by atoms with Crippen molar-refractivity contribution in [1.82, 2.24) is 5.32 Å². The van der Waals surface area contributed by atoms with E-state index in [0.29, 0.717) is 5.56 Å². The maximum atomic E-state index is 11.5. The van der Waals surface area contributed by atoms with E-state index in [0.717, 1.165) is 0 Å². The number of hydrogen-bond donors (Lipinski definition) is 3. The average Bonchev–Trinajstić information content (AvgIpc) is 2.28. The lowest BCUT2D eigenvalue weighted by Gasteiger charge is -2.10. The molecule has 1 unspecified atom stereocenters. The maximum Gasteiger partial charge on any atom is 0.335 e. The Morgan fingerprint density at radius 3 is 2.39 bits per heavy atom.